The molecule has 0 bridgehead atoms. The molecular formula is C38H29N3O. The molecule has 1 aliphatic rings. The van der Waals surface area contributed by atoms with Gasteiger partial charge in [0.15, 0.2) is 5.54 Å². The van der Waals surface area contributed by atoms with Crippen molar-refractivity contribution >= 4 is 17.7 Å². The molecule has 4 heteroatoms. The molecule has 1 N–H and O–H groups in total. The van der Waals surface area contributed by atoms with Gasteiger partial charge in [-0.1, -0.05) is 115 Å². The lowest BCUT2D eigenvalue weighted by atomic mass is 9.84. The van der Waals surface area contributed by atoms with Gasteiger partial charge in [0, 0.05) is 5.56 Å². The number of nitrogens with zero attached hydrogens (tertiary/aromatic N) is 3. The molecule has 5 aromatic carbocycles. The first-order valence-electron chi connectivity index (χ1n) is 14.1. The first-order valence-corrected chi connectivity index (χ1v) is 14.1. The summed E-state index contributed by atoms with van der Waals surface area (Å²) in [6.45, 7) is 2.07. The normalized spacial score (nSPS) is 13.1. The maximum atomic E-state index is 11.0. The predicted octanol–water partition coefficient (Wildman–Crippen LogP) is 8.90. The molecule has 0 aliphatic heterocycles. The third-order valence-corrected chi connectivity index (χ3v) is 8.00. The second kappa shape index (κ2) is 10.5. The van der Waals surface area contributed by atoms with E-state index in [0.29, 0.717) is 5.69 Å². The summed E-state index contributed by atoms with van der Waals surface area (Å²) in [5.41, 5.74) is 8.93. The van der Waals surface area contributed by atoms with Crippen LogP contribution in [-0.2, 0) is 5.54 Å². The molecule has 1 aromatic heterocycles. The van der Waals surface area contributed by atoms with Gasteiger partial charge >= 0.3 is 0 Å². The van der Waals surface area contributed by atoms with Gasteiger partial charge in [-0.15, -0.1) is 0 Å². The number of benzene rings is 5. The van der Waals surface area contributed by atoms with Crippen molar-refractivity contribution in [3.63, 3.8) is 0 Å². The zero-order valence-electron chi connectivity index (χ0n) is 23.2. The molecule has 0 spiro atoms. The number of aromatic nitrogens is 1. The Morgan fingerprint density at radius 2 is 1.21 bits per heavy atom. The largest absolute Gasteiger partial charge is 0.506 e. The number of fused-ring (bicyclic) bond motifs is 3. The van der Waals surface area contributed by atoms with Crippen molar-refractivity contribution in [3.05, 3.63) is 168 Å². The molecule has 202 valence electrons. The molecule has 7 rings (SSSR count). The predicted molar refractivity (Wildman–Crippen MR) is 171 cm³/mol. The summed E-state index contributed by atoms with van der Waals surface area (Å²) in [5.74, 6) is 0.178. The van der Waals surface area contributed by atoms with Crippen LogP contribution in [0.1, 0.15) is 22.4 Å². The van der Waals surface area contributed by atoms with Crippen LogP contribution >= 0.6 is 0 Å². The Kier molecular flexibility index (Phi) is 6.37. The molecule has 0 fully saturated rings. The Morgan fingerprint density at radius 3 is 1.90 bits per heavy atom. The van der Waals surface area contributed by atoms with Crippen LogP contribution in [-0.4, -0.2) is 16.4 Å². The van der Waals surface area contributed by atoms with E-state index < -0.39 is 5.54 Å². The van der Waals surface area contributed by atoms with E-state index in [1.54, 1.807) is 6.07 Å². The van der Waals surface area contributed by atoms with E-state index >= 15 is 0 Å². The van der Waals surface area contributed by atoms with Crippen molar-refractivity contribution in [1.29, 1.82) is 0 Å². The maximum Gasteiger partial charge on any atom is 0.155 e. The van der Waals surface area contributed by atoms with Crippen LogP contribution in [0.5, 0.6) is 5.75 Å². The molecule has 0 amide bonds. The maximum absolute atomic E-state index is 11.0. The van der Waals surface area contributed by atoms with Crippen LogP contribution in [0.15, 0.2) is 151 Å². The van der Waals surface area contributed by atoms with Crippen molar-refractivity contribution in [1.82, 2.24) is 4.98 Å². The number of rotatable bonds is 6. The van der Waals surface area contributed by atoms with E-state index in [2.05, 4.69) is 85.8 Å². The molecule has 0 atom stereocenters. The molecule has 0 radical (unpaired) electrons. The van der Waals surface area contributed by atoms with Gasteiger partial charge < -0.3 is 5.11 Å². The van der Waals surface area contributed by atoms with Crippen molar-refractivity contribution < 1.29 is 5.11 Å². The average molecular weight is 544 g/mol. The first-order chi connectivity index (χ1) is 20.7. The number of pyridine rings is 1. The smallest absolute Gasteiger partial charge is 0.155 e. The summed E-state index contributed by atoms with van der Waals surface area (Å²) in [7, 11) is 0. The summed E-state index contributed by atoms with van der Waals surface area (Å²) in [6, 6.07) is 48.8. The highest BCUT2D eigenvalue weighted by atomic mass is 16.3. The van der Waals surface area contributed by atoms with Gasteiger partial charge in [-0.25, -0.2) is 4.98 Å². The fourth-order valence-electron chi connectivity index (χ4n) is 6.00. The minimum absolute atomic E-state index is 0.178. The Balaban J connectivity index is 1.51. The Labute approximate surface area is 245 Å². The van der Waals surface area contributed by atoms with Gasteiger partial charge in [-0.05, 0) is 65.1 Å². The monoisotopic (exact) mass is 543 g/mol. The number of aromatic hydroxyl groups is 1. The van der Waals surface area contributed by atoms with Crippen LogP contribution in [0.25, 0.3) is 22.4 Å². The Bertz CT molecular complexity index is 1840. The topological polar surface area (TPSA) is 48.7 Å². The van der Waals surface area contributed by atoms with Crippen molar-refractivity contribution in [2.45, 2.75) is 12.5 Å². The van der Waals surface area contributed by atoms with Crippen LogP contribution < -0.4 is 4.90 Å². The van der Waals surface area contributed by atoms with Crippen LogP contribution in [0.4, 0.5) is 11.4 Å². The summed E-state index contributed by atoms with van der Waals surface area (Å²) in [5, 5.41) is 11.0. The number of hydrogen-bond acceptors (Lipinski definition) is 3. The number of hydrogen-bond donors (Lipinski definition) is 1. The van der Waals surface area contributed by atoms with Gasteiger partial charge in [0.05, 0.1) is 29.1 Å². The van der Waals surface area contributed by atoms with Gasteiger partial charge in [0.25, 0.3) is 0 Å². The lowest BCUT2D eigenvalue weighted by molar-refractivity contribution is 0.477. The molecule has 4 nitrogen and oxygen atoms in total. The minimum Gasteiger partial charge on any atom is -0.506 e. The van der Waals surface area contributed by atoms with Crippen molar-refractivity contribution in [3.8, 4) is 28.1 Å². The van der Waals surface area contributed by atoms with E-state index in [9.17, 15) is 5.11 Å². The summed E-state index contributed by atoms with van der Waals surface area (Å²) in [6.07, 6.45) is 1.85. The number of phenols is 1. The van der Waals surface area contributed by atoms with E-state index in [-0.39, 0.29) is 5.75 Å². The molecule has 1 heterocycles. The fraction of sp³-hybridized carbons (Fsp3) is 0.0526. The summed E-state index contributed by atoms with van der Waals surface area (Å²) < 4.78 is 0. The van der Waals surface area contributed by atoms with Crippen molar-refractivity contribution in [2.24, 2.45) is 4.99 Å². The highest BCUT2D eigenvalue weighted by Crippen LogP contribution is 2.53. The molecule has 42 heavy (non-hydrogen) atoms. The second-order valence-electron chi connectivity index (χ2n) is 10.5. The average Bonchev–Trinajstić information content (AvgIpc) is 3.34. The van der Waals surface area contributed by atoms with Crippen LogP contribution in [0, 0.1) is 6.92 Å². The minimum atomic E-state index is -0.913. The zero-order chi connectivity index (χ0) is 28.5. The number of aliphatic imine (C=N–C) groups is 1. The second-order valence-corrected chi connectivity index (χ2v) is 10.5. The third-order valence-electron chi connectivity index (χ3n) is 8.00. The van der Waals surface area contributed by atoms with Gasteiger partial charge in [0.2, 0.25) is 0 Å². The highest BCUT2D eigenvalue weighted by molar-refractivity contribution is 5.94. The molecule has 1 aliphatic carbocycles. The van der Waals surface area contributed by atoms with E-state index in [0.717, 1.165) is 50.5 Å². The molecule has 0 saturated heterocycles. The quantitative estimate of drug-likeness (QED) is 0.169. The van der Waals surface area contributed by atoms with E-state index in [1.165, 1.54) is 0 Å². The first kappa shape index (κ1) is 25.5. The van der Waals surface area contributed by atoms with Gasteiger partial charge in [-0.2, -0.15) is 0 Å². The number of para-hydroxylation sites is 3. The Morgan fingerprint density at radius 1 is 0.619 bits per heavy atom. The lowest BCUT2D eigenvalue weighted by Crippen LogP contribution is -2.28. The van der Waals surface area contributed by atoms with Crippen molar-refractivity contribution in [2.75, 3.05) is 4.90 Å². The number of phenolic OH excluding ortho intramolecular Hbond substituents is 1. The number of anilines is 2. The lowest BCUT2D eigenvalue weighted by Gasteiger charge is -2.30. The Hall–Kier alpha value is -5.48. The van der Waals surface area contributed by atoms with Gasteiger partial charge in [0.1, 0.15) is 5.75 Å². The van der Waals surface area contributed by atoms with E-state index in [1.807, 2.05) is 71.9 Å². The van der Waals surface area contributed by atoms with Gasteiger partial charge in [-0.3, -0.25) is 9.89 Å². The SMILES string of the molecule is Cc1ccccc1N(C=NC1(c2cccc(-c3ccccc3)n2)c2ccccc2-c2ccccc21)c1ccccc1O. The van der Waals surface area contributed by atoms with E-state index in [4.69, 9.17) is 9.98 Å². The standard InChI is InChI=1S/C38H29N3O/c1-27-14-5-10-22-34(27)41(35-23-11-12-24-36(35)42)26-39-38(37-25-13-21-33(40-37)28-15-3-2-4-16-28)31-19-8-6-17-29(31)30-18-7-9-20-32(30)38/h2-26,42H,1H3. The number of aryl methyl sites for hydroxylation is 1. The molecule has 0 saturated carbocycles. The van der Waals surface area contributed by atoms with Crippen LogP contribution in [0.3, 0.4) is 0 Å². The zero-order valence-corrected chi connectivity index (χ0v) is 23.2. The van der Waals surface area contributed by atoms with Crippen LogP contribution in [0.2, 0.25) is 0 Å². The molecular weight excluding hydrogens is 514 g/mol. The fourth-order valence-corrected chi connectivity index (χ4v) is 6.00. The summed E-state index contributed by atoms with van der Waals surface area (Å²) >= 11 is 0. The molecule has 0 unspecified atom stereocenters. The third kappa shape index (κ3) is 4.16. The summed E-state index contributed by atoms with van der Waals surface area (Å²) in [4.78, 5) is 12.7. The highest BCUT2D eigenvalue weighted by Gasteiger charge is 2.45. The molecule has 6 aromatic rings.